The maximum absolute atomic E-state index is 16.0. The van der Waals surface area contributed by atoms with Crippen molar-refractivity contribution < 1.29 is 23.5 Å². The molecule has 3 aliphatic rings. The Morgan fingerprint density at radius 3 is 2.62 bits per heavy atom. The van der Waals surface area contributed by atoms with Gasteiger partial charge >= 0.3 is 6.09 Å². The predicted molar refractivity (Wildman–Crippen MR) is 172 cm³/mol. The van der Waals surface area contributed by atoms with Crippen LogP contribution in [0.2, 0.25) is 5.02 Å². The number of ether oxygens (including phenoxy) is 2. The van der Waals surface area contributed by atoms with Gasteiger partial charge in [0.25, 0.3) is 5.91 Å². The van der Waals surface area contributed by atoms with E-state index in [2.05, 4.69) is 10.2 Å². The Morgan fingerprint density at radius 1 is 1.09 bits per heavy atom. The molecule has 1 N–H and O–H groups in total. The van der Waals surface area contributed by atoms with Gasteiger partial charge in [-0.1, -0.05) is 17.2 Å². The second kappa shape index (κ2) is 12.5. The predicted octanol–water partition coefficient (Wildman–Crippen LogP) is 6.52. The molecule has 2 aromatic carbocycles. The number of nitrogens with zero attached hydrogens (tertiary/aromatic N) is 3. The molecule has 3 aromatic rings. The topological polar surface area (TPSA) is 93.1 Å². The van der Waals surface area contributed by atoms with E-state index in [4.69, 9.17) is 21.1 Å². The Hall–Kier alpha value is -3.89. The number of likely N-dealkylation sites (tertiary alicyclic amines) is 2. The smallest absolute Gasteiger partial charge is 0.410 e. The standard InChI is InChI=1S/C34H38ClFN4O5/c1-34(2,3)45-33(43)39-14-6-7-21(10-15-39)17-23-26(36)19-24-29-31(23)44-28-18-22(35)8-9-27(28)40(29)20-25(30(24)41)32(42)37-11-16-38-12-4-5-13-38/h8-9,17-20H,4-7,10-16H2,1-3H3,(H,37,42)/b21-17-. The summed E-state index contributed by atoms with van der Waals surface area (Å²) in [6.45, 7) is 9.57. The number of halogens is 2. The molecule has 45 heavy (non-hydrogen) atoms. The second-order valence-electron chi connectivity index (χ2n) is 12.9. The van der Waals surface area contributed by atoms with Crippen LogP contribution in [0.25, 0.3) is 22.7 Å². The van der Waals surface area contributed by atoms with E-state index in [1.165, 1.54) is 12.3 Å². The summed E-state index contributed by atoms with van der Waals surface area (Å²) in [5.41, 5.74) is 0.858. The molecule has 0 aliphatic carbocycles. The number of nitrogens with one attached hydrogen (secondary N) is 1. The first-order chi connectivity index (χ1) is 21.5. The van der Waals surface area contributed by atoms with Gasteiger partial charge in [-0.05, 0) is 90.2 Å². The van der Waals surface area contributed by atoms with E-state index < -0.39 is 22.8 Å². The second-order valence-corrected chi connectivity index (χ2v) is 13.3. The third-order valence-corrected chi connectivity index (χ3v) is 8.65. The fraction of sp³-hybridized carbons (Fsp3) is 0.441. The van der Waals surface area contributed by atoms with Crippen molar-refractivity contribution in [2.75, 3.05) is 39.3 Å². The molecule has 9 nitrogen and oxygen atoms in total. The lowest BCUT2D eigenvalue weighted by Gasteiger charge is -2.26. The maximum Gasteiger partial charge on any atom is 0.410 e. The van der Waals surface area contributed by atoms with E-state index in [0.29, 0.717) is 67.4 Å². The van der Waals surface area contributed by atoms with Gasteiger partial charge in [0, 0.05) is 43.5 Å². The Kier molecular flexibility index (Phi) is 8.63. The van der Waals surface area contributed by atoms with Crippen molar-refractivity contribution in [1.82, 2.24) is 19.7 Å². The summed E-state index contributed by atoms with van der Waals surface area (Å²) in [6.07, 6.45) is 7.06. The molecule has 2 amide bonds. The van der Waals surface area contributed by atoms with Crippen molar-refractivity contribution in [3.05, 3.63) is 68.2 Å². The molecule has 3 aliphatic heterocycles. The number of benzene rings is 2. The number of pyridine rings is 1. The van der Waals surface area contributed by atoms with Crippen molar-refractivity contribution >= 4 is 40.6 Å². The van der Waals surface area contributed by atoms with Crippen LogP contribution in [0.4, 0.5) is 9.18 Å². The molecular weight excluding hydrogens is 599 g/mol. The highest BCUT2D eigenvalue weighted by Crippen LogP contribution is 2.44. The van der Waals surface area contributed by atoms with Crippen LogP contribution in [0, 0.1) is 5.82 Å². The van der Waals surface area contributed by atoms with Gasteiger partial charge in [0.2, 0.25) is 5.43 Å². The van der Waals surface area contributed by atoms with Crippen LogP contribution in [0.15, 0.2) is 40.8 Å². The number of rotatable bonds is 5. The SMILES string of the molecule is CC(C)(C)OC(=O)N1CCC/C(=C/c2c(F)cc3c(=O)c(C(=O)NCCN4CCCC4)cn4c3c2Oc2cc(Cl)ccc2-4)CC1. The molecule has 0 saturated carbocycles. The molecule has 2 saturated heterocycles. The van der Waals surface area contributed by atoms with Crippen molar-refractivity contribution in [2.45, 2.75) is 58.5 Å². The lowest BCUT2D eigenvalue weighted by atomic mass is 9.99. The molecule has 0 bridgehead atoms. The summed E-state index contributed by atoms with van der Waals surface area (Å²) in [5, 5.41) is 3.35. The van der Waals surface area contributed by atoms with Crippen LogP contribution >= 0.6 is 11.6 Å². The minimum Gasteiger partial charge on any atom is -0.452 e. The van der Waals surface area contributed by atoms with Gasteiger partial charge < -0.3 is 29.2 Å². The van der Waals surface area contributed by atoms with E-state index >= 15 is 4.39 Å². The minimum atomic E-state index is -0.640. The van der Waals surface area contributed by atoms with Crippen molar-refractivity contribution in [3.63, 3.8) is 0 Å². The first kappa shape index (κ1) is 31.1. The van der Waals surface area contributed by atoms with Gasteiger partial charge in [0.05, 0.1) is 16.6 Å². The van der Waals surface area contributed by atoms with Gasteiger partial charge in [-0.15, -0.1) is 0 Å². The summed E-state index contributed by atoms with van der Waals surface area (Å²) in [4.78, 5) is 43.6. The molecule has 6 rings (SSSR count). The third-order valence-electron chi connectivity index (χ3n) is 8.41. The molecule has 0 spiro atoms. The highest BCUT2D eigenvalue weighted by molar-refractivity contribution is 6.30. The minimum absolute atomic E-state index is 0.0504. The summed E-state index contributed by atoms with van der Waals surface area (Å²) in [6, 6.07) is 6.27. The zero-order valence-electron chi connectivity index (χ0n) is 25.9. The maximum atomic E-state index is 16.0. The van der Waals surface area contributed by atoms with Crippen LogP contribution in [-0.2, 0) is 4.74 Å². The zero-order chi connectivity index (χ0) is 31.9. The number of amides is 2. The highest BCUT2D eigenvalue weighted by Gasteiger charge is 2.29. The van der Waals surface area contributed by atoms with E-state index in [1.54, 1.807) is 33.7 Å². The quantitative estimate of drug-likeness (QED) is 0.268. The molecule has 0 atom stereocenters. The van der Waals surface area contributed by atoms with Crippen LogP contribution in [-0.4, -0.2) is 71.2 Å². The molecule has 0 radical (unpaired) electrons. The number of hydrogen-bond acceptors (Lipinski definition) is 6. The van der Waals surface area contributed by atoms with Gasteiger partial charge in [-0.3, -0.25) is 9.59 Å². The first-order valence-electron chi connectivity index (χ1n) is 15.6. The number of aromatic nitrogens is 1. The summed E-state index contributed by atoms with van der Waals surface area (Å²) < 4.78 is 29.6. The Morgan fingerprint density at radius 2 is 1.87 bits per heavy atom. The molecular formula is C34H38ClFN4O5. The van der Waals surface area contributed by atoms with E-state index in [9.17, 15) is 14.4 Å². The lowest BCUT2D eigenvalue weighted by molar-refractivity contribution is 0.0258. The van der Waals surface area contributed by atoms with Gasteiger partial charge in [-0.2, -0.15) is 0 Å². The van der Waals surface area contributed by atoms with E-state index in [1.807, 2.05) is 20.8 Å². The average Bonchev–Trinajstić information content (AvgIpc) is 3.38. The molecule has 0 unspecified atom stereocenters. The van der Waals surface area contributed by atoms with Gasteiger partial charge in [0.15, 0.2) is 11.5 Å². The highest BCUT2D eigenvalue weighted by atomic mass is 35.5. The fourth-order valence-corrected chi connectivity index (χ4v) is 6.37. The Bertz CT molecular complexity index is 1760. The number of carbonyl (C=O) groups is 2. The summed E-state index contributed by atoms with van der Waals surface area (Å²) in [5.74, 6) is -0.590. The van der Waals surface area contributed by atoms with Crippen molar-refractivity contribution in [2.24, 2.45) is 0 Å². The molecule has 1 aromatic heterocycles. The van der Waals surface area contributed by atoms with E-state index in [0.717, 1.165) is 31.5 Å². The normalized spacial score (nSPS) is 17.6. The average molecular weight is 637 g/mol. The number of hydrogen-bond donors (Lipinski definition) is 1. The van der Waals surface area contributed by atoms with Gasteiger partial charge in [-0.25, -0.2) is 9.18 Å². The number of fused-ring (bicyclic) bond motifs is 2. The van der Waals surface area contributed by atoms with Crippen LogP contribution in [0.5, 0.6) is 11.5 Å². The van der Waals surface area contributed by atoms with Crippen LogP contribution in [0.1, 0.15) is 68.8 Å². The van der Waals surface area contributed by atoms with Crippen molar-refractivity contribution in [1.29, 1.82) is 0 Å². The Balaban J connectivity index is 1.37. The van der Waals surface area contributed by atoms with E-state index in [-0.39, 0.29) is 28.4 Å². The lowest BCUT2D eigenvalue weighted by Crippen LogP contribution is -2.37. The summed E-state index contributed by atoms with van der Waals surface area (Å²) in [7, 11) is 0. The Labute approximate surface area is 266 Å². The van der Waals surface area contributed by atoms with Crippen LogP contribution in [0.3, 0.4) is 0 Å². The number of carbonyl (C=O) groups excluding carboxylic acids is 2. The van der Waals surface area contributed by atoms with Gasteiger partial charge in [0.1, 0.15) is 22.5 Å². The fourth-order valence-electron chi connectivity index (χ4n) is 6.21. The first-order valence-corrected chi connectivity index (χ1v) is 15.9. The molecule has 2 fully saturated rings. The summed E-state index contributed by atoms with van der Waals surface area (Å²) >= 11 is 6.31. The third kappa shape index (κ3) is 6.58. The van der Waals surface area contributed by atoms with Crippen LogP contribution < -0.4 is 15.5 Å². The molecule has 11 heteroatoms. The molecule has 4 heterocycles. The largest absolute Gasteiger partial charge is 0.452 e. The zero-order valence-corrected chi connectivity index (χ0v) is 26.6. The van der Waals surface area contributed by atoms with Crippen molar-refractivity contribution in [3.8, 4) is 17.2 Å². The molecule has 238 valence electrons. The monoisotopic (exact) mass is 636 g/mol.